The first-order valence-corrected chi connectivity index (χ1v) is 7.30. The highest BCUT2D eigenvalue weighted by atomic mass is 32.1. The molecular formula is C14H17N3S. The van der Waals surface area contributed by atoms with Crippen molar-refractivity contribution in [1.82, 2.24) is 14.9 Å². The SMILES string of the molecule is c1cc(CN2CCC[C@H](c3nccs3)C2)ccn1. The zero-order valence-electron chi connectivity index (χ0n) is 10.3. The second-order valence-electron chi connectivity index (χ2n) is 4.80. The molecule has 0 aliphatic carbocycles. The summed E-state index contributed by atoms with van der Waals surface area (Å²) in [6.07, 6.45) is 8.21. The van der Waals surface area contributed by atoms with Gasteiger partial charge in [0.2, 0.25) is 0 Å². The maximum Gasteiger partial charge on any atom is 0.0968 e. The summed E-state index contributed by atoms with van der Waals surface area (Å²) in [5.41, 5.74) is 1.35. The first-order chi connectivity index (χ1) is 8.92. The summed E-state index contributed by atoms with van der Waals surface area (Å²) in [5, 5.41) is 3.38. The predicted octanol–water partition coefficient (Wildman–Crippen LogP) is 2.92. The van der Waals surface area contributed by atoms with Gasteiger partial charge in [0.05, 0.1) is 5.01 Å². The van der Waals surface area contributed by atoms with Crippen LogP contribution in [0.5, 0.6) is 0 Å². The monoisotopic (exact) mass is 259 g/mol. The van der Waals surface area contributed by atoms with Crippen molar-refractivity contribution in [2.75, 3.05) is 13.1 Å². The van der Waals surface area contributed by atoms with E-state index in [0.29, 0.717) is 5.92 Å². The molecule has 1 fully saturated rings. The Morgan fingerprint density at radius 2 is 2.17 bits per heavy atom. The van der Waals surface area contributed by atoms with Crippen LogP contribution in [0.1, 0.15) is 29.3 Å². The molecule has 0 bridgehead atoms. The lowest BCUT2D eigenvalue weighted by atomic mass is 9.98. The van der Waals surface area contributed by atoms with Crippen molar-refractivity contribution in [3.63, 3.8) is 0 Å². The van der Waals surface area contributed by atoms with Gasteiger partial charge in [-0.1, -0.05) is 0 Å². The third-order valence-corrected chi connectivity index (χ3v) is 4.40. The number of rotatable bonds is 3. The maximum atomic E-state index is 4.46. The van der Waals surface area contributed by atoms with Gasteiger partial charge in [-0.05, 0) is 37.1 Å². The minimum atomic E-state index is 0.626. The van der Waals surface area contributed by atoms with Crippen molar-refractivity contribution in [3.8, 4) is 0 Å². The Labute approximate surface area is 112 Å². The van der Waals surface area contributed by atoms with Gasteiger partial charge in [0.25, 0.3) is 0 Å². The Bertz CT molecular complexity index is 469. The largest absolute Gasteiger partial charge is 0.298 e. The van der Waals surface area contributed by atoms with E-state index in [2.05, 4.69) is 32.4 Å². The minimum Gasteiger partial charge on any atom is -0.298 e. The minimum absolute atomic E-state index is 0.626. The Morgan fingerprint density at radius 1 is 1.28 bits per heavy atom. The molecule has 1 saturated heterocycles. The average molecular weight is 259 g/mol. The van der Waals surface area contributed by atoms with Crippen molar-refractivity contribution in [3.05, 3.63) is 46.7 Å². The number of likely N-dealkylation sites (tertiary alicyclic amines) is 1. The predicted molar refractivity (Wildman–Crippen MR) is 73.6 cm³/mol. The molecule has 0 saturated carbocycles. The third-order valence-electron chi connectivity index (χ3n) is 3.46. The summed E-state index contributed by atoms with van der Waals surface area (Å²) in [6, 6.07) is 4.21. The summed E-state index contributed by atoms with van der Waals surface area (Å²) in [5.74, 6) is 0.626. The Balaban J connectivity index is 1.64. The van der Waals surface area contributed by atoms with Crippen LogP contribution in [-0.2, 0) is 6.54 Å². The highest BCUT2D eigenvalue weighted by Gasteiger charge is 2.22. The fourth-order valence-electron chi connectivity index (χ4n) is 2.58. The van der Waals surface area contributed by atoms with E-state index in [0.717, 1.165) is 13.1 Å². The fourth-order valence-corrected chi connectivity index (χ4v) is 3.35. The first kappa shape index (κ1) is 11.8. The Hall–Kier alpha value is -1.26. The second kappa shape index (κ2) is 5.59. The summed E-state index contributed by atoms with van der Waals surface area (Å²) in [6.45, 7) is 3.37. The van der Waals surface area contributed by atoms with Gasteiger partial charge >= 0.3 is 0 Å². The zero-order valence-corrected chi connectivity index (χ0v) is 11.1. The lowest BCUT2D eigenvalue weighted by Gasteiger charge is -2.31. The number of nitrogens with zero attached hydrogens (tertiary/aromatic N) is 3. The molecule has 1 aliphatic heterocycles. The lowest BCUT2D eigenvalue weighted by Crippen LogP contribution is -2.33. The van der Waals surface area contributed by atoms with Crippen LogP contribution in [0.25, 0.3) is 0 Å². The Kier molecular flexibility index (Phi) is 3.67. The number of thiazole rings is 1. The average Bonchev–Trinajstić information content (AvgIpc) is 2.94. The molecule has 94 valence electrons. The second-order valence-corrected chi connectivity index (χ2v) is 5.73. The van der Waals surface area contributed by atoms with E-state index in [4.69, 9.17) is 0 Å². The number of hydrogen-bond donors (Lipinski definition) is 0. The molecule has 0 unspecified atom stereocenters. The van der Waals surface area contributed by atoms with E-state index < -0.39 is 0 Å². The molecule has 0 amide bonds. The molecule has 0 aromatic carbocycles. The van der Waals surface area contributed by atoms with Gasteiger partial charge in [-0.2, -0.15) is 0 Å². The van der Waals surface area contributed by atoms with E-state index in [1.165, 1.54) is 30.0 Å². The molecule has 0 radical (unpaired) electrons. The molecule has 0 spiro atoms. The van der Waals surface area contributed by atoms with Crippen molar-refractivity contribution in [1.29, 1.82) is 0 Å². The van der Waals surface area contributed by atoms with Gasteiger partial charge in [-0.15, -0.1) is 11.3 Å². The van der Waals surface area contributed by atoms with Crippen LogP contribution in [0.15, 0.2) is 36.1 Å². The van der Waals surface area contributed by atoms with Crippen LogP contribution in [0, 0.1) is 0 Å². The van der Waals surface area contributed by atoms with Gasteiger partial charge in [0.1, 0.15) is 0 Å². The van der Waals surface area contributed by atoms with Gasteiger partial charge in [0, 0.05) is 43.0 Å². The van der Waals surface area contributed by atoms with Gasteiger partial charge in [-0.3, -0.25) is 9.88 Å². The first-order valence-electron chi connectivity index (χ1n) is 6.42. The fraction of sp³-hybridized carbons (Fsp3) is 0.429. The topological polar surface area (TPSA) is 29.0 Å². The van der Waals surface area contributed by atoms with Crippen LogP contribution in [0.3, 0.4) is 0 Å². The summed E-state index contributed by atoms with van der Waals surface area (Å²) < 4.78 is 0. The van der Waals surface area contributed by atoms with Gasteiger partial charge < -0.3 is 0 Å². The number of piperidine rings is 1. The van der Waals surface area contributed by atoms with Crippen LogP contribution >= 0.6 is 11.3 Å². The normalized spacial score (nSPS) is 21.0. The molecule has 3 nitrogen and oxygen atoms in total. The molecule has 2 aromatic rings. The van der Waals surface area contributed by atoms with E-state index >= 15 is 0 Å². The third kappa shape index (κ3) is 2.76. The zero-order chi connectivity index (χ0) is 12.2. The summed E-state index contributed by atoms with van der Waals surface area (Å²) >= 11 is 1.79. The van der Waals surface area contributed by atoms with Crippen molar-refractivity contribution < 1.29 is 0 Å². The van der Waals surface area contributed by atoms with Crippen LogP contribution in [-0.4, -0.2) is 28.0 Å². The van der Waals surface area contributed by atoms with Crippen LogP contribution in [0.4, 0.5) is 0 Å². The van der Waals surface area contributed by atoms with Gasteiger partial charge in [-0.25, -0.2) is 4.98 Å². The van der Waals surface area contributed by atoms with Crippen molar-refractivity contribution in [2.45, 2.75) is 25.3 Å². The highest BCUT2D eigenvalue weighted by Crippen LogP contribution is 2.28. The van der Waals surface area contributed by atoms with Crippen molar-refractivity contribution in [2.24, 2.45) is 0 Å². The highest BCUT2D eigenvalue weighted by molar-refractivity contribution is 7.09. The van der Waals surface area contributed by atoms with E-state index in [-0.39, 0.29) is 0 Å². The molecule has 1 aliphatic rings. The van der Waals surface area contributed by atoms with Gasteiger partial charge in [0.15, 0.2) is 0 Å². The number of pyridine rings is 1. The smallest absolute Gasteiger partial charge is 0.0968 e. The molecule has 3 rings (SSSR count). The standard InChI is InChI=1S/C14H17N3S/c1-2-13(14-16-7-9-18-14)11-17(8-1)10-12-3-5-15-6-4-12/h3-7,9,13H,1-2,8,10-11H2/t13-/m0/s1. The van der Waals surface area contributed by atoms with Crippen molar-refractivity contribution >= 4 is 11.3 Å². The van der Waals surface area contributed by atoms with Crippen LogP contribution < -0.4 is 0 Å². The number of hydrogen-bond acceptors (Lipinski definition) is 4. The molecule has 2 aromatic heterocycles. The quantitative estimate of drug-likeness (QED) is 0.848. The van der Waals surface area contributed by atoms with E-state index in [9.17, 15) is 0 Å². The molecule has 4 heteroatoms. The lowest BCUT2D eigenvalue weighted by molar-refractivity contribution is 0.200. The maximum absolute atomic E-state index is 4.46. The molecular weight excluding hydrogens is 242 g/mol. The van der Waals surface area contributed by atoms with Crippen LogP contribution in [0.2, 0.25) is 0 Å². The number of aromatic nitrogens is 2. The van der Waals surface area contributed by atoms with E-state index in [1.54, 1.807) is 11.3 Å². The summed E-state index contributed by atoms with van der Waals surface area (Å²) in [4.78, 5) is 11.1. The molecule has 1 atom stereocenters. The van der Waals surface area contributed by atoms with E-state index in [1.807, 2.05) is 18.6 Å². The molecule has 3 heterocycles. The molecule has 18 heavy (non-hydrogen) atoms. The summed E-state index contributed by atoms with van der Waals surface area (Å²) in [7, 11) is 0. The Morgan fingerprint density at radius 3 is 2.94 bits per heavy atom. The molecule has 0 N–H and O–H groups in total.